The molecular weight excluding hydrogens is 228 g/mol. The first-order chi connectivity index (χ1) is 8.74. The Morgan fingerprint density at radius 2 is 1.83 bits per heavy atom. The number of allylic oxidation sites excluding steroid dienone is 2. The normalized spacial score (nSPS) is 15.9. The van der Waals surface area contributed by atoms with Gasteiger partial charge in [0.05, 0.1) is 14.2 Å². The van der Waals surface area contributed by atoms with Gasteiger partial charge in [-0.1, -0.05) is 0 Å². The maximum atomic E-state index is 11.6. The van der Waals surface area contributed by atoms with Gasteiger partial charge in [-0.25, -0.2) is 0 Å². The van der Waals surface area contributed by atoms with Crippen LogP contribution in [-0.4, -0.2) is 20.0 Å². The number of ether oxygens (including phenoxy) is 2. The maximum absolute atomic E-state index is 11.6. The van der Waals surface area contributed by atoms with Crippen LogP contribution in [0.4, 0.5) is 0 Å². The minimum atomic E-state index is 0.209. The Bertz CT molecular complexity index is 475. The second-order valence-electron chi connectivity index (χ2n) is 4.41. The summed E-state index contributed by atoms with van der Waals surface area (Å²) in [6.07, 6.45) is 5.36. The number of carbonyl (C=O) groups is 1. The number of benzene rings is 1. The zero-order chi connectivity index (χ0) is 13.0. The molecule has 0 aromatic heterocycles. The van der Waals surface area contributed by atoms with Crippen LogP contribution in [0.1, 0.15) is 31.2 Å². The molecule has 2 rings (SSSR count). The number of hydrogen-bond donors (Lipinski definition) is 0. The fourth-order valence-electron chi connectivity index (χ4n) is 2.23. The van der Waals surface area contributed by atoms with E-state index in [1.54, 1.807) is 20.3 Å². The predicted molar refractivity (Wildman–Crippen MR) is 71.0 cm³/mol. The van der Waals surface area contributed by atoms with Gasteiger partial charge in [-0.3, -0.25) is 4.79 Å². The Labute approximate surface area is 107 Å². The molecule has 96 valence electrons. The minimum absolute atomic E-state index is 0.209. The van der Waals surface area contributed by atoms with E-state index < -0.39 is 0 Å². The summed E-state index contributed by atoms with van der Waals surface area (Å²) in [5, 5.41) is 0. The van der Waals surface area contributed by atoms with E-state index in [9.17, 15) is 4.79 Å². The van der Waals surface area contributed by atoms with E-state index in [1.165, 1.54) is 0 Å². The quantitative estimate of drug-likeness (QED) is 0.821. The van der Waals surface area contributed by atoms with Gasteiger partial charge in [-0.2, -0.15) is 0 Å². The molecule has 0 saturated carbocycles. The first-order valence-electron chi connectivity index (χ1n) is 6.20. The Balaban J connectivity index is 2.39. The summed E-state index contributed by atoms with van der Waals surface area (Å²) in [4.78, 5) is 11.6. The molecule has 0 atom stereocenters. The zero-order valence-electron chi connectivity index (χ0n) is 10.9. The van der Waals surface area contributed by atoms with Gasteiger partial charge in [-0.15, -0.1) is 0 Å². The summed E-state index contributed by atoms with van der Waals surface area (Å²) in [6.45, 7) is 0. The van der Waals surface area contributed by atoms with Crippen LogP contribution in [0, 0.1) is 0 Å². The molecule has 0 radical (unpaired) electrons. The van der Waals surface area contributed by atoms with Crippen molar-refractivity contribution < 1.29 is 14.3 Å². The van der Waals surface area contributed by atoms with Crippen LogP contribution in [-0.2, 0) is 4.79 Å². The number of hydrogen-bond acceptors (Lipinski definition) is 3. The highest BCUT2D eigenvalue weighted by Gasteiger charge is 2.14. The highest BCUT2D eigenvalue weighted by molar-refractivity contribution is 5.97. The second-order valence-corrected chi connectivity index (χ2v) is 4.41. The lowest BCUT2D eigenvalue weighted by Crippen LogP contribution is -1.95. The van der Waals surface area contributed by atoms with E-state index in [4.69, 9.17) is 9.47 Å². The van der Waals surface area contributed by atoms with Gasteiger partial charge in [0.25, 0.3) is 0 Å². The third-order valence-electron chi connectivity index (χ3n) is 3.21. The van der Waals surface area contributed by atoms with Crippen molar-refractivity contribution in [2.45, 2.75) is 25.7 Å². The van der Waals surface area contributed by atoms with Crippen LogP contribution < -0.4 is 9.47 Å². The van der Waals surface area contributed by atoms with Crippen LogP contribution in [0.15, 0.2) is 24.3 Å². The minimum Gasteiger partial charge on any atom is -0.497 e. The van der Waals surface area contributed by atoms with Crippen molar-refractivity contribution in [1.82, 2.24) is 0 Å². The lowest BCUT2D eigenvalue weighted by atomic mass is 10.00. The SMILES string of the molecule is COc1ccc(C2=CC(=O)CCCC2)c(OC)c1. The van der Waals surface area contributed by atoms with Crippen LogP contribution in [0.5, 0.6) is 11.5 Å². The fraction of sp³-hybridized carbons (Fsp3) is 0.400. The fourth-order valence-corrected chi connectivity index (χ4v) is 2.23. The summed E-state index contributed by atoms with van der Waals surface area (Å²) in [7, 11) is 3.26. The average molecular weight is 246 g/mol. The molecular formula is C15H18O3. The standard InChI is InChI=1S/C15H18O3/c1-17-13-7-8-14(15(10-13)18-2)11-5-3-4-6-12(16)9-11/h7-10H,3-6H2,1-2H3. The number of methoxy groups -OCH3 is 2. The van der Waals surface area contributed by atoms with Gasteiger partial charge < -0.3 is 9.47 Å². The van der Waals surface area contributed by atoms with E-state index in [-0.39, 0.29) is 5.78 Å². The molecule has 0 heterocycles. The number of carbonyl (C=O) groups excluding carboxylic acids is 1. The predicted octanol–water partition coefficient (Wildman–Crippen LogP) is 3.23. The molecule has 1 aromatic rings. The van der Waals surface area contributed by atoms with E-state index in [2.05, 4.69) is 0 Å². The first kappa shape index (κ1) is 12.7. The third kappa shape index (κ3) is 2.73. The molecule has 1 aromatic carbocycles. The lowest BCUT2D eigenvalue weighted by molar-refractivity contribution is -0.114. The molecule has 1 aliphatic carbocycles. The topological polar surface area (TPSA) is 35.5 Å². The van der Waals surface area contributed by atoms with Crippen molar-refractivity contribution in [3.8, 4) is 11.5 Å². The van der Waals surface area contributed by atoms with Gasteiger partial charge in [0.2, 0.25) is 0 Å². The van der Waals surface area contributed by atoms with E-state index >= 15 is 0 Å². The Kier molecular flexibility index (Phi) is 4.03. The average Bonchev–Trinajstić information content (AvgIpc) is 2.62. The molecule has 0 fully saturated rings. The third-order valence-corrected chi connectivity index (χ3v) is 3.21. The van der Waals surface area contributed by atoms with Crippen molar-refractivity contribution in [3.05, 3.63) is 29.8 Å². The van der Waals surface area contributed by atoms with Gasteiger partial charge in [0.1, 0.15) is 11.5 Å². The second kappa shape index (κ2) is 5.71. The largest absolute Gasteiger partial charge is 0.497 e. The summed E-state index contributed by atoms with van der Waals surface area (Å²) < 4.78 is 10.6. The molecule has 0 unspecified atom stereocenters. The molecule has 0 bridgehead atoms. The Morgan fingerprint density at radius 1 is 1.06 bits per heavy atom. The van der Waals surface area contributed by atoms with E-state index in [1.807, 2.05) is 18.2 Å². The molecule has 18 heavy (non-hydrogen) atoms. The van der Waals surface area contributed by atoms with Crippen LogP contribution in [0.25, 0.3) is 5.57 Å². The molecule has 1 aliphatic rings. The smallest absolute Gasteiger partial charge is 0.155 e. The number of rotatable bonds is 3. The van der Waals surface area contributed by atoms with Crippen molar-refractivity contribution in [2.75, 3.05) is 14.2 Å². The van der Waals surface area contributed by atoms with Crippen LogP contribution in [0.2, 0.25) is 0 Å². The molecule has 0 aliphatic heterocycles. The van der Waals surface area contributed by atoms with Crippen LogP contribution >= 0.6 is 0 Å². The summed E-state index contributed by atoms with van der Waals surface area (Å²) >= 11 is 0. The number of ketones is 1. The maximum Gasteiger partial charge on any atom is 0.155 e. The van der Waals surface area contributed by atoms with E-state index in [0.717, 1.165) is 41.9 Å². The highest BCUT2D eigenvalue weighted by atomic mass is 16.5. The summed E-state index contributed by atoms with van der Waals surface area (Å²) in [6, 6.07) is 5.71. The van der Waals surface area contributed by atoms with Gasteiger partial charge in [0.15, 0.2) is 5.78 Å². The van der Waals surface area contributed by atoms with Crippen LogP contribution in [0.3, 0.4) is 0 Å². The van der Waals surface area contributed by atoms with Gasteiger partial charge >= 0.3 is 0 Å². The van der Waals surface area contributed by atoms with Gasteiger partial charge in [-0.05, 0) is 43.0 Å². The highest BCUT2D eigenvalue weighted by Crippen LogP contribution is 2.34. The summed E-state index contributed by atoms with van der Waals surface area (Å²) in [5.74, 6) is 1.73. The lowest BCUT2D eigenvalue weighted by Gasteiger charge is -2.12. The van der Waals surface area contributed by atoms with Crippen molar-refractivity contribution >= 4 is 11.4 Å². The molecule has 0 N–H and O–H groups in total. The molecule has 0 amide bonds. The Morgan fingerprint density at radius 3 is 2.56 bits per heavy atom. The van der Waals surface area contributed by atoms with Crippen molar-refractivity contribution in [2.24, 2.45) is 0 Å². The van der Waals surface area contributed by atoms with E-state index in [0.29, 0.717) is 6.42 Å². The Hall–Kier alpha value is -1.77. The zero-order valence-corrected chi connectivity index (χ0v) is 10.9. The summed E-state index contributed by atoms with van der Waals surface area (Å²) in [5.41, 5.74) is 2.06. The molecule has 3 nitrogen and oxygen atoms in total. The molecule has 3 heteroatoms. The first-order valence-corrected chi connectivity index (χ1v) is 6.20. The monoisotopic (exact) mass is 246 g/mol. The van der Waals surface area contributed by atoms with Crippen molar-refractivity contribution in [1.29, 1.82) is 0 Å². The molecule has 0 saturated heterocycles. The molecule has 0 spiro atoms. The van der Waals surface area contributed by atoms with Crippen molar-refractivity contribution in [3.63, 3.8) is 0 Å². The van der Waals surface area contributed by atoms with Gasteiger partial charge in [0, 0.05) is 18.1 Å².